The molecule has 2 rings (SSSR count). The first-order chi connectivity index (χ1) is 11.9. The lowest BCUT2D eigenvalue weighted by Gasteiger charge is -2.16. The predicted molar refractivity (Wildman–Crippen MR) is 97.0 cm³/mol. The molecule has 1 amide bonds. The number of anilines is 1. The van der Waals surface area contributed by atoms with Crippen LogP contribution in [0.25, 0.3) is 0 Å². The monoisotopic (exact) mass is 341 g/mol. The first kappa shape index (κ1) is 18.5. The van der Waals surface area contributed by atoms with Gasteiger partial charge in [0.15, 0.2) is 6.10 Å². The van der Waals surface area contributed by atoms with Gasteiger partial charge in [-0.15, -0.1) is 0 Å². The fourth-order valence-corrected chi connectivity index (χ4v) is 2.30. The summed E-state index contributed by atoms with van der Waals surface area (Å²) in [6.45, 7) is 5.89. The molecule has 0 aliphatic rings. The van der Waals surface area contributed by atoms with Crippen molar-refractivity contribution in [2.24, 2.45) is 0 Å². The van der Waals surface area contributed by atoms with E-state index in [4.69, 9.17) is 9.47 Å². The van der Waals surface area contributed by atoms with E-state index in [0.717, 1.165) is 0 Å². The highest BCUT2D eigenvalue weighted by Crippen LogP contribution is 2.20. The number of methoxy groups -OCH3 is 1. The minimum atomic E-state index is -0.712. The summed E-state index contributed by atoms with van der Waals surface area (Å²) in [5.41, 5.74) is 1.90. The van der Waals surface area contributed by atoms with Crippen LogP contribution in [-0.2, 0) is 9.53 Å². The molecule has 2 aromatic carbocycles. The molecule has 0 saturated heterocycles. The van der Waals surface area contributed by atoms with Crippen molar-refractivity contribution >= 4 is 17.6 Å². The second-order valence-corrected chi connectivity index (χ2v) is 6.01. The molecule has 1 N–H and O–H groups in total. The van der Waals surface area contributed by atoms with E-state index in [1.54, 1.807) is 31.2 Å². The molecule has 2 aromatic rings. The largest absolute Gasteiger partial charge is 0.481 e. The molecule has 0 aliphatic heterocycles. The Balaban J connectivity index is 2.04. The minimum Gasteiger partial charge on any atom is -0.481 e. The van der Waals surface area contributed by atoms with E-state index >= 15 is 0 Å². The highest BCUT2D eigenvalue weighted by molar-refractivity contribution is 6.02. The maximum absolute atomic E-state index is 12.4. The zero-order valence-corrected chi connectivity index (χ0v) is 14.9. The number of hydrogen-bond donors (Lipinski definition) is 1. The van der Waals surface area contributed by atoms with E-state index in [0.29, 0.717) is 22.9 Å². The van der Waals surface area contributed by atoms with E-state index in [9.17, 15) is 9.59 Å². The number of para-hydroxylation sites is 1. The Morgan fingerprint density at radius 1 is 0.960 bits per heavy atom. The van der Waals surface area contributed by atoms with Crippen LogP contribution in [-0.4, -0.2) is 25.1 Å². The zero-order valence-electron chi connectivity index (χ0n) is 14.9. The molecular weight excluding hydrogens is 318 g/mol. The maximum Gasteiger partial charge on any atom is 0.339 e. The third kappa shape index (κ3) is 4.83. The number of hydrogen-bond acceptors (Lipinski definition) is 4. The summed E-state index contributed by atoms with van der Waals surface area (Å²) in [5.74, 6) is 0.205. The van der Waals surface area contributed by atoms with Gasteiger partial charge in [0.1, 0.15) is 5.75 Å². The van der Waals surface area contributed by atoms with Gasteiger partial charge >= 0.3 is 5.97 Å². The Hall–Kier alpha value is -2.82. The van der Waals surface area contributed by atoms with Gasteiger partial charge in [-0.1, -0.05) is 38.1 Å². The summed E-state index contributed by atoms with van der Waals surface area (Å²) in [4.78, 5) is 24.1. The SMILES string of the molecule is COC(=O)c1ccccc1NC(=O)[C@@H](C)Oc1ccc(C(C)C)cc1. The lowest BCUT2D eigenvalue weighted by atomic mass is 10.0. The summed E-state index contributed by atoms with van der Waals surface area (Å²) in [6, 6.07) is 14.3. The van der Waals surface area contributed by atoms with E-state index in [2.05, 4.69) is 19.2 Å². The van der Waals surface area contributed by atoms with Gasteiger partial charge < -0.3 is 14.8 Å². The lowest BCUT2D eigenvalue weighted by molar-refractivity contribution is -0.122. The minimum absolute atomic E-state index is 0.298. The Labute approximate surface area is 148 Å². The molecule has 0 bridgehead atoms. The Morgan fingerprint density at radius 3 is 2.20 bits per heavy atom. The summed E-state index contributed by atoms with van der Waals surface area (Å²) < 4.78 is 10.4. The molecule has 0 radical (unpaired) electrons. The van der Waals surface area contributed by atoms with Crippen molar-refractivity contribution in [2.75, 3.05) is 12.4 Å². The van der Waals surface area contributed by atoms with E-state index < -0.39 is 12.1 Å². The van der Waals surface area contributed by atoms with Gasteiger partial charge in [-0.2, -0.15) is 0 Å². The third-order valence-electron chi connectivity index (χ3n) is 3.82. The van der Waals surface area contributed by atoms with Crippen LogP contribution in [0.15, 0.2) is 48.5 Å². The average Bonchev–Trinajstić information content (AvgIpc) is 2.61. The molecule has 132 valence electrons. The van der Waals surface area contributed by atoms with E-state index in [1.807, 2.05) is 24.3 Å². The van der Waals surface area contributed by atoms with Crippen LogP contribution in [0.3, 0.4) is 0 Å². The van der Waals surface area contributed by atoms with Crippen LogP contribution in [0.5, 0.6) is 5.75 Å². The van der Waals surface area contributed by atoms with E-state index in [-0.39, 0.29) is 5.91 Å². The number of esters is 1. The number of carbonyl (C=O) groups is 2. The number of nitrogens with one attached hydrogen (secondary N) is 1. The van der Waals surface area contributed by atoms with Crippen molar-refractivity contribution in [3.63, 3.8) is 0 Å². The number of amides is 1. The third-order valence-corrected chi connectivity index (χ3v) is 3.82. The van der Waals surface area contributed by atoms with Gasteiger partial charge in [-0.25, -0.2) is 4.79 Å². The lowest BCUT2D eigenvalue weighted by Crippen LogP contribution is -2.30. The van der Waals surface area contributed by atoms with Crippen molar-refractivity contribution in [1.29, 1.82) is 0 Å². The van der Waals surface area contributed by atoms with Gasteiger partial charge in [0.25, 0.3) is 5.91 Å². The van der Waals surface area contributed by atoms with Gasteiger partial charge in [-0.3, -0.25) is 4.79 Å². The van der Waals surface area contributed by atoms with Crippen molar-refractivity contribution in [3.8, 4) is 5.75 Å². The highest BCUT2D eigenvalue weighted by atomic mass is 16.5. The molecular formula is C20H23NO4. The quantitative estimate of drug-likeness (QED) is 0.807. The first-order valence-corrected chi connectivity index (χ1v) is 8.17. The molecule has 0 aliphatic carbocycles. The molecule has 0 fully saturated rings. The topological polar surface area (TPSA) is 64.6 Å². The Morgan fingerprint density at radius 2 is 1.60 bits per heavy atom. The maximum atomic E-state index is 12.4. The molecule has 0 spiro atoms. The smallest absolute Gasteiger partial charge is 0.339 e. The van der Waals surface area contributed by atoms with Crippen LogP contribution in [0, 0.1) is 0 Å². The normalized spacial score (nSPS) is 11.7. The van der Waals surface area contributed by atoms with Crippen molar-refractivity contribution < 1.29 is 19.1 Å². The van der Waals surface area contributed by atoms with Gasteiger partial charge in [0.05, 0.1) is 18.4 Å². The number of benzene rings is 2. The van der Waals surface area contributed by atoms with Crippen LogP contribution >= 0.6 is 0 Å². The highest BCUT2D eigenvalue weighted by Gasteiger charge is 2.18. The van der Waals surface area contributed by atoms with Crippen LogP contribution in [0.1, 0.15) is 42.6 Å². The van der Waals surface area contributed by atoms with E-state index in [1.165, 1.54) is 12.7 Å². The van der Waals surface area contributed by atoms with Crippen molar-refractivity contribution in [1.82, 2.24) is 0 Å². The Bertz CT molecular complexity index is 738. The average molecular weight is 341 g/mol. The molecule has 25 heavy (non-hydrogen) atoms. The number of rotatable bonds is 6. The molecule has 0 heterocycles. The fourth-order valence-electron chi connectivity index (χ4n) is 2.30. The van der Waals surface area contributed by atoms with Crippen molar-refractivity contribution in [2.45, 2.75) is 32.8 Å². The zero-order chi connectivity index (χ0) is 18.4. The van der Waals surface area contributed by atoms with Crippen LogP contribution in [0.2, 0.25) is 0 Å². The van der Waals surface area contributed by atoms with Crippen molar-refractivity contribution in [3.05, 3.63) is 59.7 Å². The second kappa shape index (κ2) is 8.33. The van der Waals surface area contributed by atoms with Crippen LogP contribution in [0.4, 0.5) is 5.69 Å². The van der Waals surface area contributed by atoms with Crippen LogP contribution < -0.4 is 10.1 Å². The summed E-state index contributed by atoms with van der Waals surface area (Å²) >= 11 is 0. The standard InChI is InChI=1S/C20H23NO4/c1-13(2)15-9-11-16(12-10-15)25-14(3)19(22)21-18-8-6-5-7-17(18)20(23)24-4/h5-14H,1-4H3,(H,21,22)/t14-/m1/s1. The number of carbonyl (C=O) groups excluding carboxylic acids is 2. The molecule has 0 aromatic heterocycles. The summed E-state index contributed by atoms with van der Waals surface area (Å²) in [6.07, 6.45) is -0.712. The summed E-state index contributed by atoms with van der Waals surface area (Å²) in [5, 5.41) is 2.71. The molecule has 5 nitrogen and oxygen atoms in total. The summed E-state index contributed by atoms with van der Waals surface area (Å²) in [7, 11) is 1.30. The van der Waals surface area contributed by atoms with Gasteiger partial charge in [-0.05, 0) is 42.7 Å². The predicted octanol–water partition coefficient (Wildman–Crippen LogP) is 4.00. The fraction of sp³-hybridized carbons (Fsp3) is 0.300. The molecule has 0 unspecified atom stereocenters. The Kier molecular flexibility index (Phi) is 6.17. The number of ether oxygens (including phenoxy) is 2. The second-order valence-electron chi connectivity index (χ2n) is 6.01. The first-order valence-electron chi connectivity index (χ1n) is 8.17. The van der Waals surface area contributed by atoms with Gasteiger partial charge in [0, 0.05) is 0 Å². The molecule has 1 atom stereocenters. The molecule has 5 heteroatoms. The molecule has 0 saturated carbocycles. The van der Waals surface area contributed by atoms with Gasteiger partial charge in [0.2, 0.25) is 0 Å².